The van der Waals surface area contributed by atoms with Crippen LogP contribution in [0.2, 0.25) is 0 Å². The summed E-state index contributed by atoms with van der Waals surface area (Å²) in [5.41, 5.74) is 6.40. The molecule has 0 atom stereocenters. The average molecular weight is 123 g/mol. The van der Waals surface area contributed by atoms with Crippen LogP contribution in [0, 0.1) is 0 Å². The summed E-state index contributed by atoms with van der Waals surface area (Å²) < 4.78 is 19.8. The van der Waals surface area contributed by atoms with E-state index in [4.69, 9.17) is 5.73 Å². The van der Waals surface area contributed by atoms with E-state index in [-0.39, 0.29) is 12.3 Å². The molecule has 4 nitrogen and oxygen atoms in total. The number of nitrogens with two attached hydrogens (primary N) is 1. The highest BCUT2D eigenvalue weighted by Crippen LogP contribution is 1.70. The van der Waals surface area contributed by atoms with E-state index >= 15 is 0 Å². The van der Waals surface area contributed by atoms with Crippen LogP contribution in [0.15, 0.2) is 0 Å². The molecule has 0 bridgehead atoms. The van der Waals surface area contributed by atoms with Crippen molar-refractivity contribution in [1.29, 1.82) is 0 Å². The van der Waals surface area contributed by atoms with Crippen LogP contribution in [0.4, 0.5) is 0 Å². The molecule has 3 N–H and O–H groups in total. The first-order valence-electron chi connectivity index (χ1n) is 1.71. The van der Waals surface area contributed by atoms with E-state index in [1.54, 1.807) is 0 Å². The fourth-order valence-electron chi connectivity index (χ4n) is 0.142. The second-order valence-electron chi connectivity index (χ2n) is 1.12. The summed E-state index contributed by atoms with van der Waals surface area (Å²) in [5, 5.41) is 4.50. The maximum absolute atomic E-state index is 9.89. The Kier molecular flexibility index (Phi) is 2.21. The predicted octanol–water partition coefficient (Wildman–Crippen LogP) is -1.44. The lowest BCUT2D eigenvalue weighted by atomic mass is 10.8. The van der Waals surface area contributed by atoms with Gasteiger partial charge in [0.05, 0.1) is 5.75 Å². The van der Waals surface area contributed by atoms with Crippen molar-refractivity contribution in [1.82, 2.24) is 5.73 Å². The fraction of sp³-hybridized carbons (Fsp3) is 1.00. The third-order valence-corrected chi connectivity index (χ3v) is 1.16. The van der Waals surface area contributed by atoms with Gasteiger partial charge in [0.15, 0.2) is 0 Å². The maximum Gasteiger partial charge on any atom is 0.210 e. The van der Waals surface area contributed by atoms with Crippen molar-refractivity contribution in [3.8, 4) is 0 Å². The van der Waals surface area contributed by atoms with Gasteiger partial charge in [0.2, 0.25) is 10.0 Å². The van der Waals surface area contributed by atoms with E-state index in [2.05, 4.69) is 5.14 Å². The summed E-state index contributed by atoms with van der Waals surface area (Å²) in [6.45, 7) is -0.154. The molecule has 0 spiro atoms. The highest BCUT2D eigenvalue weighted by atomic mass is 32.2. The summed E-state index contributed by atoms with van der Waals surface area (Å²) in [6, 6.07) is 0. The standard InChI is InChI=1S/C2H7N2O2S/c3-1-2-7(4,5)6/h3H,1-2H2,(H2,4,5,6). The van der Waals surface area contributed by atoms with Gasteiger partial charge < -0.3 is 0 Å². The molecule has 0 heterocycles. The van der Waals surface area contributed by atoms with Gasteiger partial charge in [-0.1, -0.05) is 0 Å². The molecule has 0 aliphatic rings. The van der Waals surface area contributed by atoms with Crippen LogP contribution in [0.5, 0.6) is 0 Å². The molecular formula is C2H7N2O2S. The number of primary sulfonamides is 1. The SMILES string of the molecule is [NH]CCS(N)(=O)=O. The molecule has 0 aliphatic carbocycles. The smallest absolute Gasteiger partial charge is 0.210 e. The zero-order valence-electron chi connectivity index (χ0n) is 3.72. The van der Waals surface area contributed by atoms with Crippen LogP contribution >= 0.6 is 0 Å². The molecule has 5 heteroatoms. The first kappa shape index (κ1) is 6.87. The fourth-order valence-corrected chi connectivity index (χ4v) is 0.427. The van der Waals surface area contributed by atoms with Crippen molar-refractivity contribution < 1.29 is 8.42 Å². The second kappa shape index (κ2) is 2.25. The predicted molar refractivity (Wildman–Crippen MR) is 25.9 cm³/mol. The first-order valence-corrected chi connectivity index (χ1v) is 3.43. The number of hydrogen-bond donors (Lipinski definition) is 1. The van der Waals surface area contributed by atoms with Crippen molar-refractivity contribution in [3.63, 3.8) is 0 Å². The van der Waals surface area contributed by atoms with Crippen LogP contribution in [0.3, 0.4) is 0 Å². The Labute approximate surface area is 42.5 Å². The Hall–Kier alpha value is -0.130. The Morgan fingerprint density at radius 1 is 1.57 bits per heavy atom. The van der Waals surface area contributed by atoms with Gasteiger partial charge in [-0.05, 0) is 0 Å². The lowest BCUT2D eigenvalue weighted by Gasteiger charge is -1.87. The summed E-state index contributed by atoms with van der Waals surface area (Å²) in [4.78, 5) is 0. The molecule has 0 aromatic rings. The van der Waals surface area contributed by atoms with E-state index < -0.39 is 10.0 Å². The van der Waals surface area contributed by atoms with Crippen LogP contribution in [0.25, 0.3) is 0 Å². The molecule has 0 saturated carbocycles. The largest absolute Gasteiger partial charge is 0.257 e. The van der Waals surface area contributed by atoms with Gasteiger partial charge >= 0.3 is 0 Å². The van der Waals surface area contributed by atoms with Crippen LogP contribution < -0.4 is 10.9 Å². The number of nitrogens with one attached hydrogen (secondary N) is 1. The van der Waals surface area contributed by atoms with Crippen molar-refractivity contribution >= 4 is 10.0 Å². The summed E-state index contributed by atoms with van der Waals surface area (Å²) >= 11 is 0. The van der Waals surface area contributed by atoms with E-state index in [0.717, 1.165) is 0 Å². The number of rotatable bonds is 2. The first-order chi connectivity index (χ1) is 3.06. The Balaban J connectivity index is 3.60. The summed E-state index contributed by atoms with van der Waals surface area (Å²) in [6.07, 6.45) is 0. The maximum atomic E-state index is 9.89. The highest BCUT2D eigenvalue weighted by molar-refractivity contribution is 7.89. The molecule has 0 aromatic heterocycles. The number of sulfonamides is 1. The molecule has 43 valence electrons. The minimum Gasteiger partial charge on any atom is -0.257 e. The number of hydrogen-bond acceptors (Lipinski definition) is 2. The lowest BCUT2D eigenvalue weighted by molar-refractivity contribution is 0.597. The second-order valence-corrected chi connectivity index (χ2v) is 2.85. The summed E-state index contributed by atoms with van der Waals surface area (Å²) in [7, 11) is -3.36. The topological polar surface area (TPSA) is 84.0 Å². The molecule has 1 radical (unpaired) electrons. The minimum absolute atomic E-state index is 0.154. The van der Waals surface area contributed by atoms with Gasteiger partial charge in [0.1, 0.15) is 0 Å². The Morgan fingerprint density at radius 3 is 2.00 bits per heavy atom. The minimum atomic E-state index is -3.36. The Bertz CT molecular complexity index is 127. The lowest BCUT2D eigenvalue weighted by Crippen LogP contribution is -2.19. The molecule has 0 fully saturated rings. The molecule has 0 aromatic carbocycles. The molecule has 0 unspecified atom stereocenters. The van der Waals surface area contributed by atoms with E-state index in [0.29, 0.717) is 0 Å². The van der Waals surface area contributed by atoms with Crippen molar-refractivity contribution in [2.75, 3.05) is 12.3 Å². The van der Waals surface area contributed by atoms with Gasteiger partial charge in [-0.3, -0.25) is 5.73 Å². The van der Waals surface area contributed by atoms with Gasteiger partial charge in [-0.2, -0.15) is 0 Å². The van der Waals surface area contributed by atoms with Crippen LogP contribution in [-0.4, -0.2) is 20.7 Å². The molecule has 0 rings (SSSR count). The van der Waals surface area contributed by atoms with Crippen LogP contribution in [0.1, 0.15) is 0 Å². The molecule has 7 heavy (non-hydrogen) atoms. The van der Waals surface area contributed by atoms with Crippen molar-refractivity contribution in [2.45, 2.75) is 0 Å². The normalized spacial score (nSPS) is 11.7. The molecule has 0 amide bonds. The third-order valence-electron chi connectivity index (χ3n) is 0.387. The van der Waals surface area contributed by atoms with Crippen molar-refractivity contribution in [3.05, 3.63) is 0 Å². The monoisotopic (exact) mass is 123 g/mol. The zero-order chi connectivity index (χ0) is 5.91. The van der Waals surface area contributed by atoms with Gasteiger partial charge in [0, 0.05) is 6.54 Å². The van der Waals surface area contributed by atoms with E-state index in [1.807, 2.05) is 0 Å². The quantitative estimate of drug-likeness (QED) is 0.487. The van der Waals surface area contributed by atoms with Crippen molar-refractivity contribution in [2.24, 2.45) is 5.14 Å². The van der Waals surface area contributed by atoms with E-state index in [1.165, 1.54) is 0 Å². The molecule has 0 aliphatic heterocycles. The van der Waals surface area contributed by atoms with Gasteiger partial charge in [-0.15, -0.1) is 0 Å². The van der Waals surface area contributed by atoms with Crippen LogP contribution in [-0.2, 0) is 10.0 Å². The highest BCUT2D eigenvalue weighted by Gasteiger charge is 1.96. The summed E-state index contributed by atoms with van der Waals surface area (Å²) in [5.74, 6) is -0.243. The van der Waals surface area contributed by atoms with Gasteiger partial charge in [-0.25, -0.2) is 13.6 Å². The third kappa shape index (κ3) is 5.87. The Morgan fingerprint density at radius 2 is 2.00 bits per heavy atom. The average Bonchev–Trinajstić information content (AvgIpc) is 1.30. The van der Waals surface area contributed by atoms with E-state index in [9.17, 15) is 8.42 Å². The zero-order valence-corrected chi connectivity index (χ0v) is 4.53. The van der Waals surface area contributed by atoms with Gasteiger partial charge in [0.25, 0.3) is 0 Å². The molecule has 0 saturated heterocycles. The molecular weight excluding hydrogens is 116 g/mol.